The molecule has 9 heteroatoms. The minimum atomic E-state index is -0.0348. The number of nitrogens with one attached hydrogen (secondary N) is 1. The molecule has 33 heavy (non-hydrogen) atoms. The zero-order chi connectivity index (χ0) is 22.8. The van der Waals surface area contributed by atoms with Crippen molar-refractivity contribution in [2.75, 3.05) is 24.5 Å². The maximum absolute atomic E-state index is 12.6. The fraction of sp³-hybridized carbons (Fsp3) is 0.292. The summed E-state index contributed by atoms with van der Waals surface area (Å²) in [6.07, 6.45) is 2.27. The van der Waals surface area contributed by atoms with E-state index in [1.807, 2.05) is 48.9 Å². The van der Waals surface area contributed by atoms with E-state index in [9.17, 15) is 4.79 Å². The Morgan fingerprint density at radius 1 is 1.12 bits per heavy atom. The lowest BCUT2D eigenvalue weighted by Crippen LogP contribution is -2.54. The Hall–Kier alpha value is -3.59. The van der Waals surface area contributed by atoms with Crippen molar-refractivity contribution in [1.82, 2.24) is 30.0 Å². The first-order valence-electron chi connectivity index (χ1n) is 10.9. The predicted octanol–water partition coefficient (Wildman–Crippen LogP) is 3.20. The summed E-state index contributed by atoms with van der Waals surface area (Å²) in [6, 6.07) is 14.1. The summed E-state index contributed by atoms with van der Waals surface area (Å²) in [6.45, 7) is 5.84. The lowest BCUT2D eigenvalue weighted by Gasteiger charge is -2.39. The Morgan fingerprint density at radius 2 is 1.91 bits per heavy atom. The van der Waals surface area contributed by atoms with Gasteiger partial charge in [0.15, 0.2) is 5.82 Å². The van der Waals surface area contributed by atoms with Crippen LogP contribution in [0.1, 0.15) is 17.1 Å². The molecule has 1 fully saturated rings. The fourth-order valence-electron chi connectivity index (χ4n) is 3.91. The number of nitrogens with zero attached hydrogens (tertiary/aromatic N) is 6. The quantitative estimate of drug-likeness (QED) is 0.457. The first-order chi connectivity index (χ1) is 16.1. The van der Waals surface area contributed by atoms with Gasteiger partial charge in [0.1, 0.15) is 17.2 Å². The van der Waals surface area contributed by atoms with Gasteiger partial charge in [0.25, 0.3) is 0 Å². The van der Waals surface area contributed by atoms with Crippen molar-refractivity contribution in [3.8, 4) is 16.4 Å². The highest BCUT2D eigenvalue weighted by Crippen LogP contribution is 2.25. The smallest absolute Gasteiger partial charge is 0.226 e. The number of carbonyl (C=O) groups excluding carboxylic acids is 1. The van der Waals surface area contributed by atoms with Crippen LogP contribution in [0.2, 0.25) is 0 Å². The summed E-state index contributed by atoms with van der Waals surface area (Å²) >= 11 is 1.63. The van der Waals surface area contributed by atoms with E-state index < -0.39 is 0 Å². The van der Waals surface area contributed by atoms with Gasteiger partial charge in [-0.2, -0.15) is 5.10 Å². The number of anilines is 1. The van der Waals surface area contributed by atoms with E-state index in [0.29, 0.717) is 19.6 Å². The Bertz CT molecular complexity index is 1260. The average molecular weight is 460 g/mol. The molecule has 1 saturated heterocycles. The number of benzene rings is 1. The van der Waals surface area contributed by atoms with Gasteiger partial charge in [-0.05, 0) is 19.9 Å². The molecule has 1 aliphatic rings. The molecular formula is C24H25N7OS. The van der Waals surface area contributed by atoms with E-state index in [-0.39, 0.29) is 11.8 Å². The van der Waals surface area contributed by atoms with Crippen LogP contribution in [0.25, 0.3) is 16.4 Å². The first kappa shape index (κ1) is 21.3. The Balaban J connectivity index is 1.11. The lowest BCUT2D eigenvalue weighted by molar-refractivity contribution is -0.125. The van der Waals surface area contributed by atoms with Crippen LogP contribution >= 0.6 is 11.3 Å². The first-order valence-corrected chi connectivity index (χ1v) is 11.8. The summed E-state index contributed by atoms with van der Waals surface area (Å²) in [5.41, 5.74) is 4.10. The van der Waals surface area contributed by atoms with E-state index in [1.54, 1.807) is 17.7 Å². The van der Waals surface area contributed by atoms with Crippen LogP contribution in [0.15, 0.2) is 54.2 Å². The Kier molecular flexibility index (Phi) is 5.87. The summed E-state index contributed by atoms with van der Waals surface area (Å²) in [7, 11) is 0. The van der Waals surface area contributed by atoms with Crippen LogP contribution in [0, 0.1) is 19.8 Å². The number of hydrogen-bond acceptors (Lipinski definition) is 7. The normalized spacial score (nSPS) is 13.7. The minimum absolute atomic E-state index is 0.0348. The van der Waals surface area contributed by atoms with Gasteiger partial charge in [0.2, 0.25) is 5.91 Å². The summed E-state index contributed by atoms with van der Waals surface area (Å²) in [5.74, 6) is 1.59. The summed E-state index contributed by atoms with van der Waals surface area (Å²) in [5, 5.41) is 10.6. The second kappa shape index (κ2) is 9.11. The lowest BCUT2D eigenvalue weighted by atomic mass is 9.99. The zero-order valence-electron chi connectivity index (χ0n) is 18.6. The molecule has 3 aromatic heterocycles. The topological polar surface area (TPSA) is 88.8 Å². The van der Waals surface area contributed by atoms with Gasteiger partial charge in [-0.15, -0.1) is 11.3 Å². The van der Waals surface area contributed by atoms with E-state index in [1.165, 1.54) is 0 Å². The Labute approximate surface area is 196 Å². The largest absolute Gasteiger partial charge is 0.355 e. The second-order valence-corrected chi connectivity index (χ2v) is 9.08. The van der Waals surface area contributed by atoms with E-state index in [4.69, 9.17) is 0 Å². The molecule has 1 N–H and O–H groups in total. The van der Waals surface area contributed by atoms with Gasteiger partial charge in [0.05, 0.1) is 17.3 Å². The number of thiazole rings is 1. The standard InChI is InChI=1S/C24H25N7OS/c1-16-10-17(2)31(29-16)22-11-21(26-15-27-22)30-12-19(13-30)23(32)25-9-8-20-14-33-24(28-20)18-6-4-3-5-7-18/h3-7,10-11,14-15,19H,8-9,12-13H2,1-2H3,(H,25,32). The van der Waals surface area contributed by atoms with Crippen molar-refractivity contribution in [2.24, 2.45) is 5.92 Å². The van der Waals surface area contributed by atoms with Gasteiger partial charge in [-0.3, -0.25) is 4.79 Å². The molecule has 168 valence electrons. The van der Waals surface area contributed by atoms with E-state index >= 15 is 0 Å². The van der Waals surface area contributed by atoms with Crippen LogP contribution in [-0.4, -0.2) is 50.3 Å². The van der Waals surface area contributed by atoms with Crippen LogP contribution in [0.4, 0.5) is 5.82 Å². The zero-order valence-corrected chi connectivity index (χ0v) is 19.4. The maximum Gasteiger partial charge on any atom is 0.226 e. The summed E-state index contributed by atoms with van der Waals surface area (Å²) in [4.78, 5) is 28.1. The number of carbonyl (C=O) groups is 1. The summed E-state index contributed by atoms with van der Waals surface area (Å²) < 4.78 is 1.81. The molecule has 0 radical (unpaired) electrons. The highest BCUT2D eigenvalue weighted by molar-refractivity contribution is 7.13. The molecule has 0 aliphatic carbocycles. The highest BCUT2D eigenvalue weighted by atomic mass is 32.1. The second-order valence-electron chi connectivity index (χ2n) is 8.23. The van der Waals surface area contributed by atoms with Crippen LogP contribution < -0.4 is 10.2 Å². The van der Waals surface area contributed by atoms with Gasteiger partial charge in [-0.1, -0.05) is 30.3 Å². The number of hydrogen-bond donors (Lipinski definition) is 1. The third-order valence-electron chi connectivity index (χ3n) is 5.69. The van der Waals surface area contributed by atoms with Gasteiger partial charge >= 0.3 is 0 Å². The third-order valence-corrected chi connectivity index (χ3v) is 6.63. The van der Waals surface area contributed by atoms with Crippen LogP contribution in [0.3, 0.4) is 0 Å². The van der Waals surface area contributed by atoms with Crippen molar-refractivity contribution >= 4 is 23.1 Å². The number of aryl methyl sites for hydroxylation is 2. The monoisotopic (exact) mass is 459 g/mol. The molecular weight excluding hydrogens is 434 g/mol. The maximum atomic E-state index is 12.6. The molecule has 0 saturated carbocycles. The molecule has 0 bridgehead atoms. The van der Waals surface area contributed by atoms with Crippen LogP contribution in [-0.2, 0) is 11.2 Å². The number of aromatic nitrogens is 5. The van der Waals surface area contributed by atoms with Crippen molar-refractivity contribution < 1.29 is 4.79 Å². The molecule has 0 atom stereocenters. The molecule has 0 spiro atoms. The highest BCUT2D eigenvalue weighted by Gasteiger charge is 2.33. The molecule has 5 rings (SSSR count). The molecule has 4 aromatic rings. The van der Waals surface area contributed by atoms with Gasteiger partial charge in [-0.25, -0.2) is 19.6 Å². The third kappa shape index (κ3) is 4.63. The molecule has 0 unspecified atom stereocenters. The molecule has 8 nitrogen and oxygen atoms in total. The van der Waals surface area contributed by atoms with Crippen molar-refractivity contribution in [3.63, 3.8) is 0 Å². The van der Waals surface area contributed by atoms with Gasteiger partial charge in [0, 0.05) is 48.8 Å². The molecule has 1 aromatic carbocycles. The predicted molar refractivity (Wildman–Crippen MR) is 129 cm³/mol. The SMILES string of the molecule is Cc1cc(C)n(-c2cc(N3CC(C(=O)NCCc4csc(-c5ccccc5)n4)C3)ncn2)n1. The average Bonchev–Trinajstić information content (AvgIpc) is 3.39. The minimum Gasteiger partial charge on any atom is -0.355 e. The molecule has 1 aliphatic heterocycles. The van der Waals surface area contributed by atoms with E-state index in [0.717, 1.165) is 45.7 Å². The van der Waals surface area contributed by atoms with Gasteiger partial charge < -0.3 is 10.2 Å². The number of amides is 1. The van der Waals surface area contributed by atoms with Crippen LogP contribution in [0.5, 0.6) is 0 Å². The van der Waals surface area contributed by atoms with E-state index in [2.05, 4.69) is 47.8 Å². The van der Waals surface area contributed by atoms with Crippen molar-refractivity contribution in [1.29, 1.82) is 0 Å². The fourth-order valence-corrected chi connectivity index (χ4v) is 4.77. The Morgan fingerprint density at radius 3 is 2.67 bits per heavy atom. The number of rotatable bonds is 7. The van der Waals surface area contributed by atoms with Crippen molar-refractivity contribution in [2.45, 2.75) is 20.3 Å². The molecule has 1 amide bonds. The molecule has 4 heterocycles. The van der Waals surface area contributed by atoms with Crippen molar-refractivity contribution in [3.05, 3.63) is 71.3 Å².